The van der Waals surface area contributed by atoms with Crippen LogP contribution < -0.4 is 19.5 Å². The molecule has 0 aromatic heterocycles. The highest BCUT2D eigenvalue weighted by Gasteiger charge is 2.26. The molecule has 3 rings (SSSR count). The Kier molecular flexibility index (Phi) is 8.51. The zero-order chi connectivity index (χ0) is 24.6. The Morgan fingerprint density at radius 1 is 1.06 bits per heavy atom. The summed E-state index contributed by atoms with van der Waals surface area (Å²) in [7, 11) is -0.732. The minimum atomic E-state index is -3.66. The summed E-state index contributed by atoms with van der Waals surface area (Å²) in [4.78, 5) is 12.7. The van der Waals surface area contributed by atoms with Crippen LogP contribution in [0.3, 0.4) is 0 Å². The largest absolute Gasteiger partial charge is 0.495 e. The van der Waals surface area contributed by atoms with Crippen LogP contribution in [0.5, 0.6) is 17.2 Å². The molecule has 2 aromatic rings. The van der Waals surface area contributed by atoms with Gasteiger partial charge in [-0.25, -0.2) is 8.42 Å². The second-order valence-electron chi connectivity index (χ2n) is 7.51. The molecule has 0 saturated carbocycles. The summed E-state index contributed by atoms with van der Waals surface area (Å²) < 4.78 is 43.3. The Bertz CT molecular complexity index is 1200. The first kappa shape index (κ1) is 25.1. The van der Waals surface area contributed by atoms with E-state index in [0.717, 1.165) is 19.3 Å². The van der Waals surface area contributed by atoms with Gasteiger partial charge in [0, 0.05) is 19.2 Å². The summed E-state index contributed by atoms with van der Waals surface area (Å²) in [6.45, 7) is 0.869. The molecule has 1 aliphatic heterocycles. The number of rotatable bonds is 9. The van der Waals surface area contributed by atoms with Gasteiger partial charge >= 0.3 is 0 Å². The molecule has 0 radical (unpaired) electrons. The molecule has 180 valence electrons. The first-order valence-electron chi connectivity index (χ1n) is 10.7. The highest BCUT2D eigenvalue weighted by atomic mass is 32.2. The molecule has 9 nitrogen and oxygen atoms in total. The van der Waals surface area contributed by atoms with E-state index in [-0.39, 0.29) is 17.2 Å². The van der Waals surface area contributed by atoms with E-state index in [9.17, 15) is 13.2 Å². The quantitative estimate of drug-likeness (QED) is 0.541. The van der Waals surface area contributed by atoms with E-state index in [4.69, 9.17) is 19.5 Å². The van der Waals surface area contributed by atoms with Gasteiger partial charge in [0.25, 0.3) is 0 Å². The van der Waals surface area contributed by atoms with Gasteiger partial charge in [-0.2, -0.15) is 9.57 Å². The van der Waals surface area contributed by atoms with E-state index in [1.165, 1.54) is 42.8 Å². The van der Waals surface area contributed by atoms with Gasteiger partial charge in [-0.15, -0.1) is 0 Å². The predicted molar refractivity (Wildman–Crippen MR) is 127 cm³/mol. The van der Waals surface area contributed by atoms with Crippen molar-refractivity contribution in [3.8, 4) is 23.3 Å². The molecule has 0 bridgehead atoms. The van der Waals surface area contributed by atoms with Gasteiger partial charge in [-0.3, -0.25) is 4.79 Å². The number of hydrogen-bond acceptors (Lipinski definition) is 7. The summed E-state index contributed by atoms with van der Waals surface area (Å²) in [5.74, 6) is 0.729. The monoisotopic (exact) mass is 485 g/mol. The molecule has 2 aromatic carbocycles. The third-order valence-corrected chi connectivity index (χ3v) is 7.18. The molecule has 34 heavy (non-hydrogen) atoms. The van der Waals surface area contributed by atoms with Crippen molar-refractivity contribution in [1.29, 1.82) is 5.26 Å². The standard InChI is InChI=1S/C24H27N3O6S/c1-31-21-10-8-19(34(29,30)27-13-4-3-5-14-27)17-20(21)26-24(28)11-7-18-6-9-22(33-15-12-25)23(16-18)32-2/h6-11,16-17H,3-5,13-15H2,1-2H3,(H,26,28). The number of carbonyl (C=O) groups is 1. The lowest BCUT2D eigenvalue weighted by molar-refractivity contribution is -0.111. The number of ether oxygens (including phenoxy) is 3. The zero-order valence-corrected chi connectivity index (χ0v) is 19.9. The number of sulfonamides is 1. The molecule has 1 saturated heterocycles. The normalized spacial score (nSPS) is 14.4. The fourth-order valence-corrected chi connectivity index (χ4v) is 5.11. The molecular formula is C24H27N3O6S. The molecule has 0 unspecified atom stereocenters. The average Bonchev–Trinajstić information content (AvgIpc) is 2.86. The Balaban J connectivity index is 1.77. The zero-order valence-electron chi connectivity index (χ0n) is 19.1. The molecule has 1 amide bonds. The molecular weight excluding hydrogens is 458 g/mol. The molecule has 0 atom stereocenters. The third-order valence-electron chi connectivity index (χ3n) is 5.29. The lowest BCUT2D eigenvalue weighted by Gasteiger charge is -2.26. The highest BCUT2D eigenvalue weighted by molar-refractivity contribution is 7.89. The molecule has 1 N–H and O–H groups in total. The first-order valence-corrected chi connectivity index (χ1v) is 12.2. The second kappa shape index (κ2) is 11.5. The summed E-state index contributed by atoms with van der Waals surface area (Å²) in [5.41, 5.74) is 0.928. The van der Waals surface area contributed by atoms with E-state index in [0.29, 0.717) is 35.9 Å². The van der Waals surface area contributed by atoms with Gasteiger partial charge in [-0.1, -0.05) is 12.5 Å². The van der Waals surface area contributed by atoms with Crippen LogP contribution in [-0.4, -0.2) is 52.5 Å². The van der Waals surface area contributed by atoms with Crippen molar-refractivity contribution in [2.24, 2.45) is 0 Å². The van der Waals surface area contributed by atoms with Crippen LogP contribution in [0.4, 0.5) is 5.69 Å². The number of nitrogens with one attached hydrogen (secondary N) is 1. The molecule has 0 aliphatic carbocycles. The smallest absolute Gasteiger partial charge is 0.248 e. The number of amides is 1. The van der Waals surface area contributed by atoms with Crippen molar-refractivity contribution < 1.29 is 27.4 Å². The molecule has 1 aliphatic rings. The van der Waals surface area contributed by atoms with Gasteiger partial charge in [0.05, 0.1) is 24.8 Å². The number of nitriles is 1. The van der Waals surface area contributed by atoms with Crippen molar-refractivity contribution in [1.82, 2.24) is 4.31 Å². The van der Waals surface area contributed by atoms with Crippen LogP contribution >= 0.6 is 0 Å². The minimum Gasteiger partial charge on any atom is -0.495 e. The fourth-order valence-electron chi connectivity index (χ4n) is 3.56. The van der Waals surface area contributed by atoms with Crippen molar-refractivity contribution in [3.63, 3.8) is 0 Å². The van der Waals surface area contributed by atoms with Crippen molar-refractivity contribution in [3.05, 3.63) is 48.0 Å². The van der Waals surface area contributed by atoms with E-state index in [2.05, 4.69) is 5.32 Å². The Morgan fingerprint density at radius 3 is 2.44 bits per heavy atom. The molecule has 1 heterocycles. The van der Waals surface area contributed by atoms with Gasteiger partial charge in [0.2, 0.25) is 15.9 Å². The number of hydrogen-bond donors (Lipinski definition) is 1. The van der Waals surface area contributed by atoms with Crippen LogP contribution in [0.25, 0.3) is 6.08 Å². The van der Waals surface area contributed by atoms with E-state index >= 15 is 0 Å². The number of benzene rings is 2. The first-order chi connectivity index (χ1) is 16.4. The molecule has 0 spiro atoms. The number of carbonyl (C=O) groups excluding carboxylic acids is 1. The lowest BCUT2D eigenvalue weighted by atomic mass is 10.2. The maximum atomic E-state index is 13.0. The van der Waals surface area contributed by atoms with Gasteiger partial charge in [-0.05, 0) is 54.8 Å². The van der Waals surface area contributed by atoms with Gasteiger partial charge in [0.1, 0.15) is 11.8 Å². The SMILES string of the molecule is COc1ccc(S(=O)(=O)N2CCCCC2)cc1NC(=O)C=Cc1ccc(OCC#N)c(OC)c1. The number of nitrogens with zero attached hydrogens (tertiary/aromatic N) is 2. The Labute approximate surface area is 199 Å². The number of piperidine rings is 1. The summed E-state index contributed by atoms with van der Waals surface area (Å²) in [6, 6.07) is 11.3. The van der Waals surface area contributed by atoms with E-state index in [1.54, 1.807) is 24.3 Å². The van der Waals surface area contributed by atoms with Crippen LogP contribution in [-0.2, 0) is 14.8 Å². The second-order valence-corrected chi connectivity index (χ2v) is 9.44. The molecule has 10 heteroatoms. The van der Waals surface area contributed by atoms with Gasteiger partial charge in [0.15, 0.2) is 18.1 Å². The van der Waals surface area contributed by atoms with Crippen LogP contribution in [0.1, 0.15) is 24.8 Å². The summed E-state index contributed by atoms with van der Waals surface area (Å²) in [5, 5.41) is 11.4. The maximum Gasteiger partial charge on any atom is 0.248 e. The van der Waals surface area contributed by atoms with Crippen molar-refractivity contribution in [2.45, 2.75) is 24.2 Å². The Hall–Kier alpha value is -3.55. The van der Waals surface area contributed by atoms with Gasteiger partial charge < -0.3 is 19.5 Å². The maximum absolute atomic E-state index is 13.0. The Morgan fingerprint density at radius 2 is 1.76 bits per heavy atom. The van der Waals surface area contributed by atoms with E-state index < -0.39 is 15.9 Å². The van der Waals surface area contributed by atoms with Crippen LogP contribution in [0, 0.1) is 11.3 Å². The number of anilines is 1. The highest BCUT2D eigenvalue weighted by Crippen LogP contribution is 2.31. The number of methoxy groups -OCH3 is 2. The van der Waals surface area contributed by atoms with Crippen LogP contribution in [0.2, 0.25) is 0 Å². The summed E-state index contributed by atoms with van der Waals surface area (Å²) in [6.07, 6.45) is 5.58. The topological polar surface area (TPSA) is 118 Å². The third kappa shape index (κ3) is 6.07. The predicted octanol–water partition coefficient (Wildman–Crippen LogP) is 3.43. The summed E-state index contributed by atoms with van der Waals surface area (Å²) >= 11 is 0. The van der Waals surface area contributed by atoms with E-state index in [1.807, 2.05) is 6.07 Å². The van der Waals surface area contributed by atoms with Crippen LogP contribution in [0.15, 0.2) is 47.4 Å². The lowest BCUT2D eigenvalue weighted by Crippen LogP contribution is -2.35. The van der Waals surface area contributed by atoms with Crippen molar-refractivity contribution in [2.75, 3.05) is 39.2 Å². The van der Waals surface area contributed by atoms with Crippen molar-refractivity contribution >= 4 is 27.7 Å². The molecule has 1 fully saturated rings. The average molecular weight is 486 g/mol. The minimum absolute atomic E-state index is 0.104. The fraction of sp³-hybridized carbons (Fsp3) is 0.333.